The molecule has 0 saturated heterocycles. The Morgan fingerprint density at radius 2 is 1.83 bits per heavy atom. The highest BCUT2D eigenvalue weighted by atomic mass is 15.1. The van der Waals surface area contributed by atoms with Gasteiger partial charge in [-0.1, -0.05) is 0 Å². The largest absolute Gasteiger partial charge is 0.312 e. The van der Waals surface area contributed by atoms with Crippen molar-refractivity contribution in [3.05, 3.63) is 18.0 Å². The molecular weight excluding hydrogens is 222 g/mol. The van der Waals surface area contributed by atoms with E-state index in [2.05, 4.69) is 15.5 Å². The standard InChI is InChI=1S/C15H23N3/c1-10-2-13-4-11(1)5-14(3-10)15(13)9-16-6-12-7-17-18-8-12/h7-8,10-11,13-16H,1-6,9H2,(H,17,18). The van der Waals surface area contributed by atoms with E-state index in [1.165, 1.54) is 37.8 Å². The van der Waals surface area contributed by atoms with Gasteiger partial charge < -0.3 is 5.32 Å². The normalized spacial score (nSPS) is 41.4. The van der Waals surface area contributed by atoms with Crippen molar-refractivity contribution < 1.29 is 0 Å². The van der Waals surface area contributed by atoms with Gasteiger partial charge in [-0.15, -0.1) is 0 Å². The molecular formula is C15H23N3. The summed E-state index contributed by atoms with van der Waals surface area (Å²) in [5.41, 5.74) is 1.28. The first-order valence-corrected chi connectivity index (χ1v) is 7.57. The fraction of sp³-hybridized carbons (Fsp3) is 0.800. The third-order valence-corrected chi connectivity index (χ3v) is 5.69. The van der Waals surface area contributed by atoms with Crippen molar-refractivity contribution in [2.45, 2.75) is 38.6 Å². The highest BCUT2D eigenvalue weighted by molar-refractivity contribution is 5.02. The summed E-state index contributed by atoms with van der Waals surface area (Å²) >= 11 is 0. The Morgan fingerprint density at radius 1 is 1.11 bits per heavy atom. The average molecular weight is 245 g/mol. The van der Waals surface area contributed by atoms with Crippen LogP contribution in [0.2, 0.25) is 0 Å². The maximum absolute atomic E-state index is 4.00. The first-order chi connectivity index (χ1) is 8.88. The minimum Gasteiger partial charge on any atom is -0.312 e. The maximum Gasteiger partial charge on any atom is 0.0532 e. The number of H-pyrrole nitrogens is 1. The third-order valence-electron chi connectivity index (χ3n) is 5.69. The second kappa shape index (κ2) is 4.37. The van der Waals surface area contributed by atoms with E-state index in [4.69, 9.17) is 0 Å². The second-order valence-electron chi connectivity index (χ2n) is 6.83. The Morgan fingerprint density at radius 3 is 2.44 bits per heavy atom. The Hall–Kier alpha value is -0.830. The van der Waals surface area contributed by atoms with Crippen molar-refractivity contribution >= 4 is 0 Å². The summed E-state index contributed by atoms with van der Waals surface area (Å²) in [7, 11) is 0. The highest BCUT2D eigenvalue weighted by Crippen LogP contribution is 2.56. The van der Waals surface area contributed by atoms with Crippen LogP contribution in [0.5, 0.6) is 0 Å². The molecule has 98 valence electrons. The van der Waals surface area contributed by atoms with Crippen molar-refractivity contribution in [3.63, 3.8) is 0 Å². The first-order valence-electron chi connectivity index (χ1n) is 7.57. The number of nitrogens with zero attached hydrogens (tertiary/aromatic N) is 1. The van der Waals surface area contributed by atoms with Crippen molar-refractivity contribution in [1.29, 1.82) is 0 Å². The van der Waals surface area contributed by atoms with Crippen LogP contribution >= 0.6 is 0 Å². The Kier molecular flexibility index (Phi) is 2.68. The van der Waals surface area contributed by atoms with E-state index in [-0.39, 0.29) is 0 Å². The molecule has 4 aliphatic carbocycles. The Balaban J connectivity index is 1.35. The van der Waals surface area contributed by atoms with Gasteiger partial charge in [0.25, 0.3) is 0 Å². The van der Waals surface area contributed by atoms with Gasteiger partial charge in [0.05, 0.1) is 6.20 Å². The van der Waals surface area contributed by atoms with E-state index in [0.717, 1.165) is 36.1 Å². The monoisotopic (exact) mass is 245 g/mol. The molecule has 0 spiro atoms. The number of aromatic amines is 1. The van der Waals surface area contributed by atoms with Crippen LogP contribution < -0.4 is 5.32 Å². The molecule has 4 bridgehead atoms. The zero-order valence-corrected chi connectivity index (χ0v) is 10.9. The first kappa shape index (κ1) is 11.0. The molecule has 0 radical (unpaired) electrons. The molecule has 1 heterocycles. The Bertz CT molecular complexity index is 370. The number of aromatic nitrogens is 2. The minimum absolute atomic E-state index is 0.963. The van der Waals surface area contributed by atoms with Gasteiger partial charge in [0.15, 0.2) is 0 Å². The van der Waals surface area contributed by atoms with Crippen molar-refractivity contribution in [2.24, 2.45) is 29.6 Å². The second-order valence-corrected chi connectivity index (χ2v) is 6.83. The van der Waals surface area contributed by atoms with E-state index in [9.17, 15) is 0 Å². The summed E-state index contributed by atoms with van der Waals surface area (Å²) in [4.78, 5) is 0. The van der Waals surface area contributed by atoms with Gasteiger partial charge in [-0.25, -0.2) is 0 Å². The van der Waals surface area contributed by atoms with Crippen LogP contribution in [0, 0.1) is 29.6 Å². The summed E-state index contributed by atoms with van der Waals surface area (Å²) in [6, 6.07) is 0. The third kappa shape index (κ3) is 1.89. The zero-order valence-electron chi connectivity index (χ0n) is 10.9. The number of nitrogens with one attached hydrogen (secondary N) is 2. The Labute approximate surface area is 109 Å². The molecule has 1 aromatic heterocycles. The summed E-state index contributed by atoms with van der Waals surface area (Å²) in [6.07, 6.45) is 11.6. The van der Waals surface area contributed by atoms with Gasteiger partial charge in [-0.05, 0) is 68.2 Å². The molecule has 4 fully saturated rings. The molecule has 0 aromatic carbocycles. The highest BCUT2D eigenvalue weighted by Gasteiger charge is 2.47. The fourth-order valence-corrected chi connectivity index (χ4v) is 5.13. The molecule has 4 saturated carbocycles. The van der Waals surface area contributed by atoms with Crippen LogP contribution in [0.4, 0.5) is 0 Å². The molecule has 0 unspecified atom stereocenters. The lowest BCUT2D eigenvalue weighted by atomic mass is 9.52. The van der Waals surface area contributed by atoms with Gasteiger partial charge in [-0.3, -0.25) is 5.10 Å². The van der Waals surface area contributed by atoms with Gasteiger partial charge in [0.2, 0.25) is 0 Å². The smallest absolute Gasteiger partial charge is 0.0532 e. The summed E-state index contributed by atoms with van der Waals surface area (Å²) in [6.45, 7) is 2.19. The van der Waals surface area contributed by atoms with E-state index in [1.54, 1.807) is 6.42 Å². The van der Waals surface area contributed by atoms with Crippen molar-refractivity contribution in [2.75, 3.05) is 6.54 Å². The quantitative estimate of drug-likeness (QED) is 0.856. The van der Waals surface area contributed by atoms with Gasteiger partial charge in [0, 0.05) is 18.3 Å². The van der Waals surface area contributed by atoms with Crippen LogP contribution in [-0.4, -0.2) is 16.7 Å². The van der Waals surface area contributed by atoms with E-state index in [0.29, 0.717) is 0 Å². The average Bonchev–Trinajstić information content (AvgIpc) is 2.85. The van der Waals surface area contributed by atoms with Gasteiger partial charge in [-0.2, -0.15) is 5.10 Å². The molecule has 4 aliphatic rings. The van der Waals surface area contributed by atoms with Gasteiger partial charge >= 0.3 is 0 Å². The van der Waals surface area contributed by atoms with E-state index < -0.39 is 0 Å². The van der Waals surface area contributed by atoms with E-state index in [1.807, 2.05) is 12.4 Å². The van der Waals surface area contributed by atoms with Crippen LogP contribution in [0.3, 0.4) is 0 Å². The fourth-order valence-electron chi connectivity index (χ4n) is 5.13. The zero-order chi connectivity index (χ0) is 11.9. The topological polar surface area (TPSA) is 40.7 Å². The summed E-state index contributed by atoms with van der Waals surface area (Å²) < 4.78 is 0. The maximum atomic E-state index is 4.00. The van der Waals surface area contributed by atoms with Crippen molar-refractivity contribution in [3.8, 4) is 0 Å². The predicted octanol–water partition coefficient (Wildman–Crippen LogP) is 2.57. The van der Waals surface area contributed by atoms with E-state index >= 15 is 0 Å². The summed E-state index contributed by atoms with van der Waals surface area (Å²) in [5, 5.41) is 10.5. The number of hydrogen-bond acceptors (Lipinski definition) is 2. The molecule has 0 amide bonds. The van der Waals surface area contributed by atoms with Gasteiger partial charge in [0.1, 0.15) is 0 Å². The van der Waals surface area contributed by atoms with Crippen LogP contribution in [0.15, 0.2) is 12.4 Å². The molecule has 18 heavy (non-hydrogen) atoms. The number of hydrogen-bond donors (Lipinski definition) is 2. The van der Waals surface area contributed by atoms with Crippen LogP contribution in [0.25, 0.3) is 0 Å². The lowest BCUT2D eigenvalue weighted by Gasteiger charge is -2.54. The SMILES string of the molecule is c1n[nH]cc1CNCC1C2CC3CC(C2)CC1C3. The lowest BCUT2D eigenvalue weighted by Crippen LogP contribution is -2.48. The molecule has 2 N–H and O–H groups in total. The molecule has 5 rings (SSSR count). The molecule has 0 aliphatic heterocycles. The summed E-state index contributed by atoms with van der Waals surface area (Å²) in [5.74, 6) is 5.23. The van der Waals surface area contributed by atoms with Crippen molar-refractivity contribution in [1.82, 2.24) is 15.5 Å². The number of rotatable bonds is 4. The molecule has 3 heteroatoms. The molecule has 3 nitrogen and oxygen atoms in total. The van der Waals surface area contributed by atoms with Crippen LogP contribution in [0.1, 0.15) is 37.7 Å². The molecule has 0 atom stereocenters. The lowest BCUT2D eigenvalue weighted by molar-refractivity contribution is -0.0355. The molecule has 1 aromatic rings. The minimum atomic E-state index is 0.963. The predicted molar refractivity (Wildman–Crippen MR) is 70.8 cm³/mol. The van der Waals surface area contributed by atoms with Crippen LogP contribution in [-0.2, 0) is 6.54 Å².